The molecule has 11 heteroatoms. The Hall–Kier alpha value is -3.44. The molecule has 0 saturated carbocycles. The van der Waals surface area contributed by atoms with Gasteiger partial charge in [0.25, 0.3) is 5.91 Å². The number of nitrogens with one attached hydrogen (secondary N) is 2. The molecule has 1 aliphatic heterocycles. The van der Waals surface area contributed by atoms with Crippen LogP contribution in [0.25, 0.3) is 5.69 Å². The fraction of sp³-hybridized carbons (Fsp3) is 0.423. The number of rotatable bonds is 7. The summed E-state index contributed by atoms with van der Waals surface area (Å²) in [6.45, 7) is 9.29. The number of sulfonamides is 1. The number of carbonyl (C=O) groups is 1. The molecular formula is C26H33N5O5S. The second-order valence-corrected chi connectivity index (χ2v) is 12.1. The molecule has 37 heavy (non-hydrogen) atoms. The lowest BCUT2D eigenvalue weighted by Crippen LogP contribution is -2.18. The minimum absolute atomic E-state index is 0.220. The van der Waals surface area contributed by atoms with Crippen LogP contribution >= 0.6 is 0 Å². The van der Waals surface area contributed by atoms with E-state index in [1.165, 1.54) is 7.11 Å². The van der Waals surface area contributed by atoms with E-state index in [0.29, 0.717) is 24.5 Å². The van der Waals surface area contributed by atoms with Crippen LogP contribution in [0.3, 0.4) is 0 Å². The summed E-state index contributed by atoms with van der Waals surface area (Å²) in [6, 6.07) is 8.85. The van der Waals surface area contributed by atoms with E-state index in [1.54, 1.807) is 28.9 Å². The van der Waals surface area contributed by atoms with Gasteiger partial charge in [0.05, 0.1) is 48.9 Å². The van der Waals surface area contributed by atoms with Gasteiger partial charge in [-0.25, -0.2) is 13.1 Å². The van der Waals surface area contributed by atoms with Crippen LogP contribution in [-0.2, 0) is 20.2 Å². The van der Waals surface area contributed by atoms with E-state index in [9.17, 15) is 13.2 Å². The average Bonchev–Trinajstić information content (AvgIpc) is 3.50. The molecule has 1 unspecified atom stereocenters. The van der Waals surface area contributed by atoms with Crippen molar-refractivity contribution in [3.8, 4) is 11.4 Å². The van der Waals surface area contributed by atoms with Crippen LogP contribution in [0, 0.1) is 6.92 Å². The number of carbonyl (C=O) groups excluding carboxylic acids is 1. The number of amides is 1. The van der Waals surface area contributed by atoms with Crippen molar-refractivity contribution >= 4 is 27.3 Å². The predicted molar refractivity (Wildman–Crippen MR) is 142 cm³/mol. The first-order chi connectivity index (χ1) is 17.4. The van der Waals surface area contributed by atoms with Gasteiger partial charge in [0.1, 0.15) is 0 Å². The molecule has 0 bridgehead atoms. The standard InChI is InChI=1S/C26H33N5O5S/c1-16-7-8-17(11-23(16)31-14-22(28-30-31)18-9-10-36-15-18)25(32)27-20-12-19(26(2,3)4)13-21(24(20)35-5)29-37(6,33)34/h7-8,11-14,18,29H,9-10,15H2,1-6H3,(H,27,32). The van der Waals surface area contributed by atoms with E-state index in [-0.39, 0.29) is 28.7 Å². The van der Waals surface area contributed by atoms with Crippen molar-refractivity contribution in [2.24, 2.45) is 0 Å². The highest BCUT2D eigenvalue weighted by atomic mass is 32.2. The Morgan fingerprint density at radius 2 is 1.92 bits per heavy atom. The van der Waals surface area contributed by atoms with Crippen LogP contribution in [0.4, 0.5) is 11.4 Å². The molecule has 0 radical (unpaired) electrons. The van der Waals surface area contributed by atoms with Crippen molar-refractivity contribution < 1.29 is 22.7 Å². The summed E-state index contributed by atoms with van der Waals surface area (Å²) in [6.07, 6.45) is 3.85. The van der Waals surface area contributed by atoms with E-state index in [0.717, 1.165) is 35.2 Å². The number of benzene rings is 2. The van der Waals surface area contributed by atoms with Gasteiger partial charge < -0.3 is 14.8 Å². The molecule has 1 aliphatic rings. The topological polar surface area (TPSA) is 124 Å². The monoisotopic (exact) mass is 527 g/mol. The first-order valence-electron chi connectivity index (χ1n) is 12.0. The van der Waals surface area contributed by atoms with Gasteiger partial charge in [-0.05, 0) is 54.2 Å². The van der Waals surface area contributed by atoms with Crippen LogP contribution in [0.5, 0.6) is 5.75 Å². The molecule has 2 heterocycles. The molecule has 4 rings (SSSR count). The average molecular weight is 528 g/mol. The lowest BCUT2D eigenvalue weighted by atomic mass is 9.86. The summed E-state index contributed by atoms with van der Waals surface area (Å²) in [7, 11) is -2.15. The third-order valence-electron chi connectivity index (χ3n) is 6.28. The van der Waals surface area contributed by atoms with Crippen molar-refractivity contribution in [3.05, 3.63) is 58.9 Å². The summed E-state index contributed by atoms with van der Waals surface area (Å²) < 4.78 is 39.2. The van der Waals surface area contributed by atoms with Gasteiger partial charge in [-0.3, -0.25) is 9.52 Å². The van der Waals surface area contributed by atoms with Gasteiger partial charge in [0, 0.05) is 18.1 Å². The molecule has 1 aromatic heterocycles. The van der Waals surface area contributed by atoms with Gasteiger partial charge in [-0.2, -0.15) is 0 Å². The highest BCUT2D eigenvalue weighted by molar-refractivity contribution is 7.92. The summed E-state index contributed by atoms with van der Waals surface area (Å²) in [5.41, 5.74) is 4.06. The Bertz CT molecular complexity index is 1420. The van der Waals surface area contributed by atoms with Gasteiger partial charge in [-0.15, -0.1) is 5.10 Å². The Balaban J connectivity index is 1.68. The number of methoxy groups -OCH3 is 1. The van der Waals surface area contributed by atoms with E-state index < -0.39 is 10.0 Å². The van der Waals surface area contributed by atoms with Crippen molar-refractivity contribution in [1.29, 1.82) is 0 Å². The molecule has 0 spiro atoms. The fourth-order valence-corrected chi connectivity index (χ4v) is 4.74. The van der Waals surface area contributed by atoms with Crippen LogP contribution in [0.15, 0.2) is 36.5 Å². The third-order valence-corrected chi connectivity index (χ3v) is 6.87. The SMILES string of the molecule is COc1c(NC(=O)c2ccc(C)c(-n3cc(C4CCOC4)nn3)c2)cc(C(C)(C)C)cc1NS(C)(=O)=O. The third kappa shape index (κ3) is 6.11. The number of anilines is 2. The summed E-state index contributed by atoms with van der Waals surface area (Å²) in [5.74, 6) is 0.0668. The van der Waals surface area contributed by atoms with Gasteiger partial charge in [-0.1, -0.05) is 32.1 Å². The van der Waals surface area contributed by atoms with Crippen molar-refractivity contribution in [2.75, 3.05) is 36.6 Å². The highest BCUT2D eigenvalue weighted by Crippen LogP contribution is 2.39. The molecular weight excluding hydrogens is 494 g/mol. The normalized spacial score (nSPS) is 16.0. The van der Waals surface area contributed by atoms with E-state index in [1.807, 2.05) is 40.0 Å². The highest BCUT2D eigenvalue weighted by Gasteiger charge is 2.24. The quantitative estimate of drug-likeness (QED) is 0.476. The fourth-order valence-electron chi connectivity index (χ4n) is 4.19. The lowest BCUT2D eigenvalue weighted by Gasteiger charge is -2.24. The molecule has 198 valence electrons. The Labute approximate surface area is 217 Å². The summed E-state index contributed by atoms with van der Waals surface area (Å²) in [5, 5.41) is 11.5. The van der Waals surface area contributed by atoms with E-state index >= 15 is 0 Å². The molecule has 3 aromatic rings. The molecule has 1 fully saturated rings. The minimum atomic E-state index is -3.58. The van der Waals surface area contributed by atoms with Gasteiger partial charge >= 0.3 is 0 Å². The van der Waals surface area contributed by atoms with Crippen LogP contribution in [0.2, 0.25) is 0 Å². The van der Waals surface area contributed by atoms with E-state index in [2.05, 4.69) is 20.4 Å². The zero-order valence-electron chi connectivity index (χ0n) is 22.0. The number of hydrogen-bond acceptors (Lipinski definition) is 7. The molecule has 1 amide bonds. The van der Waals surface area contributed by atoms with Crippen molar-refractivity contribution in [3.63, 3.8) is 0 Å². The first-order valence-corrected chi connectivity index (χ1v) is 13.9. The number of nitrogens with zero attached hydrogens (tertiary/aromatic N) is 3. The Kier molecular flexibility index (Phi) is 7.29. The molecule has 1 atom stereocenters. The van der Waals surface area contributed by atoms with Crippen molar-refractivity contribution in [1.82, 2.24) is 15.0 Å². The predicted octanol–water partition coefficient (Wildman–Crippen LogP) is 4.01. The molecule has 2 N–H and O–H groups in total. The van der Waals surface area contributed by atoms with Gasteiger partial charge in [0.2, 0.25) is 10.0 Å². The maximum absolute atomic E-state index is 13.4. The number of hydrogen-bond donors (Lipinski definition) is 2. The van der Waals surface area contributed by atoms with Crippen LogP contribution in [0.1, 0.15) is 60.3 Å². The zero-order chi connectivity index (χ0) is 27.0. The number of ether oxygens (including phenoxy) is 2. The Morgan fingerprint density at radius 3 is 2.54 bits per heavy atom. The summed E-state index contributed by atoms with van der Waals surface area (Å²) >= 11 is 0. The Morgan fingerprint density at radius 1 is 1.19 bits per heavy atom. The molecule has 10 nitrogen and oxygen atoms in total. The maximum Gasteiger partial charge on any atom is 0.255 e. The van der Waals surface area contributed by atoms with Gasteiger partial charge in [0.15, 0.2) is 5.75 Å². The largest absolute Gasteiger partial charge is 0.492 e. The minimum Gasteiger partial charge on any atom is -0.492 e. The molecule has 1 saturated heterocycles. The molecule has 0 aliphatic carbocycles. The smallest absolute Gasteiger partial charge is 0.255 e. The van der Waals surface area contributed by atoms with Crippen LogP contribution in [-0.4, -0.2) is 55.9 Å². The molecule has 2 aromatic carbocycles. The lowest BCUT2D eigenvalue weighted by molar-refractivity contribution is 0.102. The number of aromatic nitrogens is 3. The van der Waals surface area contributed by atoms with Crippen molar-refractivity contribution in [2.45, 2.75) is 45.4 Å². The maximum atomic E-state index is 13.4. The van der Waals surface area contributed by atoms with Crippen LogP contribution < -0.4 is 14.8 Å². The summed E-state index contributed by atoms with van der Waals surface area (Å²) in [4.78, 5) is 13.4. The second kappa shape index (κ2) is 10.1. The van der Waals surface area contributed by atoms with E-state index in [4.69, 9.17) is 9.47 Å². The second-order valence-electron chi connectivity index (χ2n) is 10.3. The first kappa shape index (κ1) is 26.6. The number of aryl methyl sites for hydroxylation is 1. The zero-order valence-corrected chi connectivity index (χ0v) is 22.8.